The van der Waals surface area contributed by atoms with Crippen LogP contribution in [0.1, 0.15) is 46.5 Å². The molecule has 0 rings (SSSR count). The molecule has 100 valence electrons. The molecule has 1 amide bonds. The van der Waals surface area contributed by atoms with Crippen LogP contribution < -0.4 is 5.32 Å². The molecule has 0 spiro atoms. The monoisotopic (exact) mass is 245 g/mol. The van der Waals surface area contributed by atoms with E-state index >= 15 is 0 Å². The van der Waals surface area contributed by atoms with Gasteiger partial charge in [-0.3, -0.25) is 4.79 Å². The van der Waals surface area contributed by atoms with E-state index in [0.717, 1.165) is 19.3 Å². The van der Waals surface area contributed by atoms with Gasteiger partial charge in [0, 0.05) is 13.0 Å². The van der Waals surface area contributed by atoms with Crippen LogP contribution in [0.3, 0.4) is 0 Å². The van der Waals surface area contributed by atoms with E-state index in [-0.39, 0.29) is 18.2 Å². The first kappa shape index (κ1) is 15.7. The van der Waals surface area contributed by atoms with E-state index in [1.807, 2.05) is 0 Å². The van der Waals surface area contributed by atoms with Crippen molar-refractivity contribution < 1.29 is 19.1 Å². The molecule has 0 radical (unpaired) electrons. The molecule has 0 aromatic carbocycles. The van der Waals surface area contributed by atoms with Crippen molar-refractivity contribution in [2.24, 2.45) is 0 Å². The van der Waals surface area contributed by atoms with Gasteiger partial charge in [0.1, 0.15) is 0 Å². The van der Waals surface area contributed by atoms with Gasteiger partial charge < -0.3 is 14.8 Å². The van der Waals surface area contributed by atoms with Crippen LogP contribution in [0.2, 0.25) is 0 Å². The van der Waals surface area contributed by atoms with Crippen LogP contribution in [0.25, 0.3) is 0 Å². The average Bonchev–Trinajstić information content (AvgIpc) is 2.22. The van der Waals surface area contributed by atoms with Gasteiger partial charge in [0.05, 0.1) is 12.7 Å². The highest BCUT2D eigenvalue weighted by Gasteiger charge is 2.04. The van der Waals surface area contributed by atoms with Gasteiger partial charge in [-0.15, -0.1) is 0 Å². The van der Waals surface area contributed by atoms with Crippen LogP contribution >= 0.6 is 0 Å². The van der Waals surface area contributed by atoms with E-state index in [9.17, 15) is 9.59 Å². The number of hydrogen-bond acceptors (Lipinski definition) is 4. The Bertz CT molecular complexity index is 229. The van der Waals surface area contributed by atoms with Gasteiger partial charge in [-0.05, 0) is 33.6 Å². The summed E-state index contributed by atoms with van der Waals surface area (Å²) in [6.45, 7) is 6.41. The van der Waals surface area contributed by atoms with Crippen LogP contribution in [-0.2, 0) is 14.3 Å². The molecule has 5 nitrogen and oxygen atoms in total. The Labute approximate surface area is 103 Å². The zero-order valence-electron chi connectivity index (χ0n) is 11.0. The summed E-state index contributed by atoms with van der Waals surface area (Å²) >= 11 is 0. The lowest BCUT2D eigenvalue weighted by Crippen LogP contribution is -2.27. The van der Waals surface area contributed by atoms with Crippen molar-refractivity contribution in [1.29, 1.82) is 0 Å². The van der Waals surface area contributed by atoms with E-state index in [2.05, 4.69) is 5.32 Å². The summed E-state index contributed by atoms with van der Waals surface area (Å²) in [6.07, 6.45) is 2.49. The summed E-state index contributed by atoms with van der Waals surface area (Å²) in [5, 5.41) is 2.65. The minimum Gasteiger partial charge on any atom is -0.466 e. The van der Waals surface area contributed by atoms with Crippen LogP contribution in [0.15, 0.2) is 0 Å². The fraction of sp³-hybridized carbons (Fsp3) is 0.833. The number of amides is 1. The van der Waals surface area contributed by atoms with E-state index in [0.29, 0.717) is 19.6 Å². The van der Waals surface area contributed by atoms with Crippen molar-refractivity contribution in [3.63, 3.8) is 0 Å². The van der Waals surface area contributed by atoms with E-state index in [1.54, 1.807) is 20.8 Å². The second kappa shape index (κ2) is 9.93. The smallest absolute Gasteiger partial charge is 0.407 e. The van der Waals surface area contributed by atoms with Gasteiger partial charge in [-0.2, -0.15) is 0 Å². The highest BCUT2D eigenvalue weighted by Crippen LogP contribution is 2.00. The third kappa shape index (κ3) is 11.0. The predicted molar refractivity (Wildman–Crippen MR) is 64.7 cm³/mol. The molecule has 0 bridgehead atoms. The number of rotatable bonds is 8. The number of alkyl carbamates (subject to hydrolysis) is 1. The topological polar surface area (TPSA) is 64.6 Å². The molecule has 0 unspecified atom stereocenters. The molecule has 1 N–H and O–H groups in total. The fourth-order valence-electron chi connectivity index (χ4n) is 1.25. The molecule has 0 fully saturated rings. The van der Waals surface area contributed by atoms with E-state index in [4.69, 9.17) is 9.47 Å². The van der Waals surface area contributed by atoms with E-state index in [1.165, 1.54) is 0 Å². The van der Waals surface area contributed by atoms with Gasteiger partial charge in [0.25, 0.3) is 0 Å². The zero-order chi connectivity index (χ0) is 13.1. The van der Waals surface area contributed by atoms with Crippen molar-refractivity contribution in [3.05, 3.63) is 0 Å². The molecule has 0 saturated heterocycles. The minimum absolute atomic E-state index is 0.0983. The molecular weight excluding hydrogens is 222 g/mol. The Balaban J connectivity index is 3.29. The predicted octanol–water partition coefficient (Wildman–Crippen LogP) is 2.24. The Kier molecular flexibility index (Phi) is 9.19. The number of esters is 1. The first-order valence-electron chi connectivity index (χ1n) is 6.16. The molecule has 0 aromatic rings. The third-order valence-electron chi connectivity index (χ3n) is 1.98. The van der Waals surface area contributed by atoms with Crippen LogP contribution in [0, 0.1) is 0 Å². The average molecular weight is 245 g/mol. The lowest BCUT2D eigenvalue weighted by atomic mass is 10.2. The number of unbranched alkanes of at least 4 members (excludes halogenated alkanes) is 2. The molecule has 0 aromatic heterocycles. The van der Waals surface area contributed by atoms with E-state index < -0.39 is 0 Å². The normalized spacial score (nSPS) is 10.1. The Morgan fingerprint density at radius 1 is 1.18 bits per heavy atom. The SMILES string of the molecule is CCOC(=O)CCCCCNC(=O)OC(C)C. The molecule has 17 heavy (non-hydrogen) atoms. The Morgan fingerprint density at radius 3 is 2.47 bits per heavy atom. The first-order valence-corrected chi connectivity index (χ1v) is 6.16. The van der Waals surface area contributed by atoms with Crippen molar-refractivity contribution in [3.8, 4) is 0 Å². The molecule has 0 aliphatic heterocycles. The standard InChI is InChI=1S/C12H23NO4/c1-4-16-11(14)8-6-5-7-9-13-12(15)17-10(2)3/h10H,4-9H2,1-3H3,(H,13,15). The number of hydrogen-bond donors (Lipinski definition) is 1. The molecule has 5 heteroatoms. The van der Waals surface area contributed by atoms with Crippen molar-refractivity contribution in [1.82, 2.24) is 5.32 Å². The van der Waals surface area contributed by atoms with Gasteiger partial charge in [0.2, 0.25) is 0 Å². The number of nitrogens with one attached hydrogen (secondary N) is 1. The molecule has 0 aliphatic carbocycles. The molecule has 0 aliphatic rings. The number of ether oxygens (including phenoxy) is 2. The Hall–Kier alpha value is -1.26. The summed E-state index contributed by atoms with van der Waals surface area (Å²) in [5.74, 6) is -0.153. The minimum atomic E-state index is -0.384. The quantitative estimate of drug-likeness (QED) is 0.526. The maximum Gasteiger partial charge on any atom is 0.407 e. The van der Waals surface area contributed by atoms with Gasteiger partial charge in [-0.1, -0.05) is 6.42 Å². The second-order valence-electron chi connectivity index (χ2n) is 4.00. The zero-order valence-corrected chi connectivity index (χ0v) is 11.0. The summed E-state index contributed by atoms with van der Waals surface area (Å²) in [4.78, 5) is 22.1. The highest BCUT2D eigenvalue weighted by molar-refractivity contribution is 5.69. The summed E-state index contributed by atoms with van der Waals surface area (Å²) in [5.41, 5.74) is 0. The maximum atomic E-state index is 11.1. The highest BCUT2D eigenvalue weighted by atomic mass is 16.6. The van der Waals surface area contributed by atoms with Crippen LogP contribution in [0.5, 0.6) is 0 Å². The van der Waals surface area contributed by atoms with Crippen molar-refractivity contribution in [2.45, 2.75) is 52.6 Å². The lowest BCUT2D eigenvalue weighted by molar-refractivity contribution is -0.143. The Morgan fingerprint density at radius 2 is 1.88 bits per heavy atom. The van der Waals surface area contributed by atoms with Gasteiger partial charge in [-0.25, -0.2) is 4.79 Å². The fourth-order valence-corrected chi connectivity index (χ4v) is 1.25. The summed E-state index contributed by atoms with van der Waals surface area (Å²) in [6, 6.07) is 0. The second-order valence-corrected chi connectivity index (χ2v) is 4.00. The van der Waals surface area contributed by atoms with Crippen LogP contribution in [0.4, 0.5) is 4.79 Å². The lowest BCUT2D eigenvalue weighted by Gasteiger charge is -2.09. The third-order valence-corrected chi connectivity index (χ3v) is 1.98. The number of carbonyl (C=O) groups excluding carboxylic acids is 2. The van der Waals surface area contributed by atoms with Crippen molar-refractivity contribution in [2.75, 3.05) is 13.2 Å². The molecule has 0 saturated carbocycles. The first-order chi connectivity index (χ1) is 8.06. The molecular formula is C12H23NO4. The van der Waals surface area contributed by atoms with Gasteiger partial charge in [0.15, 0.2) is 0 Å². The van der Waals surface area contributed by atoms with Crippen LogP contribution in [-0.4, -0.2) is 31.3 Å². The molecule has 0 atom stereocenters. The largest absolute Gasteiger partial charge is 0.466 e. The summed E-state index contributed by atoms with van der Waals surface area (Å²) in [7, 11) is 0. The van der Waals surface area contributed by atoms with Crippen molar-refractivity contribution >= 4 is 12.1 Å². The number of carbonyl (C=O) groups is 2. The maximum absolute atomic E-state index is 11.1. The van der Waals surface area contributed by atoms with Gasteiger partial charge >= 0.3 is 12.1 Å². The molecule has 0 heterocycles. The summed E-state index contributed by atoms with van der Waals surface area (Å²) < 4.78 is 9.70.